The molecule has 1 N–H and O–H groups in total. The molecule has 6 heteroatoms. The summed E-state index contributed by atoms with van der Waals surface area (Å²) in [5, 5.41) is 3.40. The Labute approximate surface area is 145 Å². The van der Waals surface area contributed by atoms with Gasteiger partial charge in [0.2, 0.25) is 17.7 Å². The number of carbonyl (C=O) groups is 3. The number of rotatable bonds is 4. The summed E-state index contributed by atoms with van der Waals surface area (Å²) >= 11 is 5.89. The van der Waals surface area contributed by atoms with Crippen molar-refractivity contribution in [2.75, 3.05) is 11.9 Å². The molecule has 0 spiro atoms. The molecule has 0 unspecified atom stereocenters. The van der Waals surface area contributed by atoms with Crippen molar-refractivity contribution in [3.8, 4) is 0 Å². The molecule has 24 heavy (non-hydrogen) atoms. The Balaban J connectivity index is 1.58. The van der Waals surface area contributed by atoms with E-state index in [-0.39, 0.29) is 42.5 Å². The van der Waals surface area contributed by atoms with Crippen molar-refractivity contribution in [2.24, 2.45) is 11.8 Å². The van der Waals surface area contributed by atoms with E-state index in [1.165, 1.54) is 4.90 Å². The summed E-state index contributed by atoms with van der Waals surface area (Å²) in [7, 11) is 0. The SMILES string of the molecule is Cc1cc(Cl)ccc1NC(=O)CCN1C(=O)[C@H]2CC=CC[C@@H]2C1=O. The first-order valence-electron chi connectivity index (χ1n) is 8.03. The highest BCUT2D eigenvalue weighted by Gasteiger charge is 2.46. The molecular weight excluding hydrogens is 328 g/mol. The van der Waals surface area contributed by atoms with Gasteiger partial charge in [0.25, 0.3) is 0 Å². The van der Waals surface area contributed by atoms with Gasteiger partial charge >= 0.3 is 0 Å². The molecule has 3 amide bonds. The summed E-state index contributed by atoms with van der Waals surface area (Å²) in [6.07, 6.45) is 5.22. The second-order valence-corrected chi connectivity index (χ2v) is 6.68. The van der Waals surface area contributed by atoms with Gasteiger partial charge in [0.1, 0.15) is 0 Å². The van der Waals surface area contributed by atoms with Crippen molar-refractivity contribution in [2.45, 2.75) is 26.2 Å². The van der Waals surface area contributed by atoms with Crippen LogP contribution in [-0.2, 0) is 14.4 Å². The number of aryl methyl sites for hydroxylation is 1. The highest BCUT2D eigenvalue weighted by atomic mass is 35.5. The number of fused-ring (bicyclic) bond motifs is 1. The van der Waals surface area contributed by atoms with Crippen molar-refractivity contribution in [3.63, 3.8) is 0 Å². The molecule has 126 valence electrons. The lowest BCUT2D eigenvalue weighted by Gasteiger charge is -2.15. The smallest absolute Gasteiger partial charge is 0.233 e. The van der Waals surface area contributed by atoms with E-state index in [1.807, 2.05) is 19.1 Å². The van der Waals surface area contributed by atoms with Crippen LogP contribution in [0.3, 0.4) is 0 Å². The van der Waals surface area contributed by atoms with Crippen LogP contribution in [0, 0.1) is 18.8 Å². The van der Waals surface area contributed by atoms with Crippen LogP contribution in [0.2, 0.25) is 5.02 Å². The minimum Gasteiger partial charge on any atom is -0.326 e. The van der Waals surface area contributed by atoms with Crippen LogP contribution in [-0.4, -0.2) is 29.2 Å². The second kappa shape index (κ2) is 6.77. The molecule has 5 nitrogen and oxygen atoms in total. The van der Waals surface area contributed by atoms with Crippen LogP contribution in [0.1, 0.15) is 24.8 Å². The molecular formula is C18H19ClN2O3. The summed E-state index contributed by atoms with van der Waals surface area (Å²) in [5.41, 5.74) is 1.54. The van der Waals surface area contributed by atoms with Gasteiger partial charge in [-0.15, -0.1) is 0 Å². The van der Waals surface area contributed by atoms with Gasteiger partial charge in [0.05, 0.1) is 11.8 Å². The maximum atomic E-state index is 12.3. The summed E-state index contributed by atoms with van der Waals surface area (Å²) in [6.45, 7) is 1.98. The third-order valence-corrected chi connectivity index (χ3v) is 4.86. The monoisotopic (exact) mass is 346 g/mol. The van der Waals surface area contributed by atoms with Gasteiger partial charge in [-0.05, 0) is 43.5 Å². The molecule has 0 bridgehead atoms. The van der Waals surface area contributed by atoms with E-state index in [0.29, 0.717) is 23.6 Å². The van der Waals surface area contributed by atoms with Crippen molar-refractivity contribution in [1.29, 1.82) is 0 Å². The number of carbonyl (C=O) groups excluding carboxylic acids is 3. The van der Waals surface area contributed by atoms with Crippen molar-refractivity contribution in [3.05, 3.63) is 40.9 Å². The van der Waals surface area contributed by atoms with Gasteiger partial charge in [-0.1, -0.05) is 23.8 Å². The number of hydrogen-bond acceptors (Lipinski definition) is 3. The maximum Gasteiger partial charge on any atom is 0.233 e. The largest absolute Gasteiger partial charge is 0.326 e. The number of imide groups is 1. The normalized spacial score (nSPS) is 22.7. The van der Waals surface area contributed by atoms with Crippen LogP contribution in [0.25, 0.3) is 0 Å². The molecule has 2 atom stereocenters. The standard InChI is InChI=1S/C18H19ClN2O3/c1-11-10-12(19)6-7-15(11)20-16(22)8-9-21-17(23)13-4-2-3-5-14(13)18(21)24/h2-3,6-7,10,13-14H,4-5,8-9H2,1H3,(H,20,22)/t13-,14-/m0/s1. The number of nitrogens with zero attached hydrogens (tertiary/aromatic N) is 1. The molecule has 1 aromatic carbocycles. The lowest BCUT2D eigenvalue weighted by molar-refractivity contribution is -0.140. The van der Waals surface area contributed by atoms with Crippen molar-refractivity contribution in [1.82, 2.24) is 4.90 Å². The van der Waals surface area contributed by atoms with Gasteiger partial charge in [-0.25, -0.2) is 0 Å². The first-order chi connectivity index (χ1) is 11.5. The minimum absolute atomic E-state index is 0.0897. The van der Waals surface area contributed by atoms with Crippen LogP contribution in [0.15, 0.2) is 30.4 Å². The average molecular weight is 347 g/mol. The van der Waals surface area contributed by atoms with E-state index in [1.54, 1.807) is 18.2 Å². The number of anilines is 1. The number of nitrogens with one attached hydrogen (secondary N) is 1. The molecule has 1 saturated heterocycles. The lowest BCUT2D eigenvalue weighted by atomic mass is 9.85. The summed E-state index contributed by atoms with van der Waals surface area (Å²) in [6, 6.07) is 5.21. The number of hydrogen-bond donors (Lipinski definition) is 1. The Kier molecular flexibility index (Phi) is 4.71. The van der Waals surface area contributed by atoms with Crippen LogP contribution in [0.5, 0.6) is 0 Å². The first kappa shape index (κ1) is 16.7. The third kappa shape index (κ3) is 3.22. The molecule has 1 aromatic rings. The zero-order valence-corrected chi connectivity index (χ0v) is 14.2. The quantitative estimate of drug-likeness (QED) is 0.673. The summed E-state index contributed by atoms with van der Waals surface area (Å²) < 4.78 is 0. The Morgan fingerprint density at radius 1 is 1.21 bits per heavy atom. The highest BCUT2D eigenvalue weighted by molar-refractivity contribution is 6.30. The Morgan fingerprint density at radius 3 is 2.42 bits per heavy atom. The number of allylic oxidation sites excluding steroid dienone is 2. The highest BCUT2D eigenvalue weighted by Crippen LogP contribution is 2.35. The number of amides is 3. The summed E-state index contributed by atoms with van der Waals surface area (Å²) in [4.78, 5) is 38.0. The molecule has 1 fully saturated rings. The molecule has 2 aliphatic rings. The topological polar surface area (TPSA) is 66.5 Å². The number of likely N-dealkylation sites (tertiary alicyclic amines) is 1. The Hall–Kier alpha value is -2.14. The van der Waals surface area contributed by atoms with Gasteiger partial charge < -0.3 is 5.32 Å². The zero-order valence-electron chi connectivity index (χ0n) is 13.4. The molecule has 1 aliphatic heterocycles. The fourth-order valence-electron chi connectivity index (χ4n) is 3.28. The van der Waals surface area contributed by atoms with Crippen LogP contribution < -0.4 is 5.32 Å². The molecule has 3 rings (SSSR count). The van der Waals surface area contributed by atoms with Gasteiger partial charge in [0.15, 0.2) is 0 Å². The Morgan fingerprint density at radius 2 is 1.83 bits per heavy atom. The van der Waals surface area contributed by atoms with E-state index >= 15 is 0 Å². The fourth-order valence-corrected chi connectivity index (χ4v) is 3.51. The average Bonchev–Trinajstić information content (AvgIpc) is 2.80. The maximum absolute atomic E-state index is 12.3. The predicted octanol–water partition coefficient (Wildman–Crippen LogP) is 2.93. The third-order valence-electron chi connectivity index (χ3n) is 4.62. The van der Waals surface area contributed by atoms with Crippen LogP contribution in [0.4, 0.5) is 5.69 Å². The Bertz CT molecular complexity index is 703. The molecule has 0 saturated carbocycles. The number of halogens is 1. The van der Waals surface area contributed by atoms with E-state index in [0.717, 1.165) is 5.56 Å². The van der Waals surface area contributed by atoms with E-state index in [2.05, 4.69) is 5.32 Å². The number of benzene rings is 1. The summed E-state index contributed by atoms with van der Waals surface area (Å²) in [5.74, 6) is -1.02. The molecule has 0 radical (unpaired) electrons. The first-order valence-corrected chi connectivity index (χ1v) is 8.41. The zero-order chi connectivity index (χ0) is 17.3. The van der Waals surface area contributed by atoms with E-state index in [4.69, 9.17) is 11.6 Å². The minimum atomic E-state index is -0.246. The van der Waals surface area contributed by atoms with Gasteiger partial charge in [-0.3, -0.25) is 19.3 Å². The molecule has 0 aromatic heterocycles. The van der Waals surface area contributed by atoms with E-state index < -0.39 is 0 Å². The molecule has 1 heterocycles. The fraction of sp³-hybridized carbons (Fsp3) is 0.389. The van der Waals surface area contributed by atoms with Crippen molar-refractivity contribution >= 4 is 35.0 Å². The lowest BCUT2D eigenvalue weighted by Crippen LogP contribution is -2.34. The van der Waals surface area contributed by atoms with Gasteiger partial charge in [-0.2, -0.15) is 0 Å². The van der Waals surface area contributed by atoms with Crippen LogP contribution >= 0.6 is 11.6 Å². The van der Waals surface area contributed by atoms with E-state index in [9.17, 15) is 14.4 Å². The predicted molar refractivity (Wildman–Crippen MR) is 91.5 cm³/mol. The van der Waals surface area contributed by atoms with Gasteiger partial charge in [0, 0.05) is 23.7 Å². The van der Waals surface area contributed by atoms with Crippen molar-refractivity contribution < 1.29 is 14.4 Å². The molecule has 1 aliphatic carbocycles. The second-order valence-electron chi connectivity index (χ2n) is 6.24.